The van der Waals surface area contributed by atoms with Crippen molar-refractivity contribution in [1.29, 1.82) is 0 Å². The minimum absolute atomic E-state index is 0.207. The number of hydrogen-bond donors (Lipinski definition) is 0. The summed E-state index contributed by atoms with van der Waals surface area (Å²) in [6.07, 6.45) is 16.2. The van der Waals surface area contributed by atoms with Crippen LogP contribution in [-0.4, -0.2) is 55.6 Å². The molecule has 1 aromatic heterocycles. The zero-order valence-electron chi connectivity index (χ0n) is 38.6. The van der Waals surface area contributed by atoms with Crippen LogP contribution in [0.15, 0.2) is 108 Å². The number of esters is 2. The van der Waals surface area contributed by atoms with Crippen molar-refractivity contribution in [3.8, 4) is 5.75 Å². The van der Waals surface area contributed by atoms with Crippen LogP contribution in [0, 0.1) is 12.3 Å². The molecular formula is C52H67N3O6+2. The molecule has 3 heterocycles. The van der Waals surface area contributed by atoms with Crippen molar-refractivity contribution in [3.63, 3.8) is 0 Å². The summed E-state index contributed by atoms with van der Waals surface area (Å²) in [7, 11) is 3.74. The van der Waals surface area contributed by atoms with Gasteiger partial charge in [-0.1, -0.05) is 58.4 Å². The van der Waals surface area contributed by atoms with Crippen molar-refractivity contribution >= 4 is 29.0 Å². The fourth-order valence-corrected chi connectivity index (χ4v) is 9.01. The van der Waals surface area contributed by atoms with Gasteiger partial charge in [0.1, 0.15) is 24.7 Å². The Hall–Kier alpha value is -5.44. The lowest BCUT2D eigenvalue weighted by Gasteiger charge is -2.32. The molecule has 61 heavy (non-hydrogen) atoms. The van der Waals surface area contributed by atoms with Gasteiger partial charge in [0.05, 0.1) is 25.7 Å². The zero-order chi connectivity index (χ0) is 44.3. The number of hydrogen-bond acceptors (Lipinski definition) is 7. The number of ether oxygens (including phenoxy) is 4. The highest BCUT2D eigenvalue weighted by molar-refractivity contribution is 6.03. The molecule has 0 N–H and O–H groups in total. The summed E-state index contributed by atoms with van der Waals surface area (Å²) < 4.78 is 28.2. The maximum atomic E-state index is 11.6. The molecule has 9 heteroatoms. The highest BCUT2D eigenvalue weighted by Crippen LogP contribution is 2.49. The first kappa shape index (κ1) is 45.1. The van der Waals surface area contributed by atoms with Crippen LogP contribution in [0.2, 0.25) is 0 Å². The van der Waals surface area contributed by atoms with Crippen molar-refractivity contribution < 1.29 is 37.7 Å². The number of allylic oxidation sites excluding steroid dienone is 7. The molecule has 9 nitrogen and oxygen atoms in total. The number of methoxy groups -OCH3 is 1. The Bertz CT molecular complexity index is 2300. The first-order valence-electron chi connectivity index (χ1n) is 21.8. The Morgan fingerprint density at radius 1 is 0.852 bits per heavy atom. The zero-order valence-corrected chi connectivity index (χ0v) is 38.6. The predicted octanol–water partition coefficient (Wildman–Crippen LogP) is 10.1. The van der Waals surface area contributed by atoms with Crippen LogP contribution in [0.3, 0.4) is 0 Å². The van der Waals surface area contributed by atoms with Gasteiger partial charge >= 0.3 is 11.9 Å². The molecule has 0 radical (unpaired) electrons. The van der Waals surface area contributed by atoms with E-state index in [9.17, 15) is 9.59 Å². The van der Waals surface area contributed by atoms with E-state index in [1.54, 1.807) is 7.11 Å². The van der Waals surface area contributed by atoms with Gasteiger partial charge in [-0.05, 0) is 87.1 Å². The third kappa shape index (κ3) is 9.87. The van der Waals surface area contributed by atoms with Gasteiger partial charge in [-0.15, -0.1) is 0 Å². The van der Waals surface area contributed by atoms with Crippen molar-refractivity contribution in [2.45, 2.75) is 112 Å². The molecule has 0 bridgehead atoms. The number of fused-ring (bicyclic) bond motifs is 2. The second-order valence-electron chi connectivity index (χ2n) is 18.8. The lowest BCUT2D eigenvalue weighted by Crippen LogP contribution is -2.28. The summed E-state index contributed by atoms with van der Waals surface area (Å²) in [6.45, 7) is 23.1. The number of aryl methyl sites for hydroxylation is 2. The summed E-state index contributed by atoms with van der Waals surface area (Å²) in [6, 6.07) is 17.3. The highest BCUT2D eigenvalue weighted by Gasteiger charge is 2.45. The molecule has 0 saturated carbocycles. The number of pyridine rings is 1. The maximum absolute atomic E-state index is 11.6. The number of rotatable bonds is 15. The van der Waals surface area contributed by atoms with E-state index in [0.29, 0.717) is 26.2 Å². The quantitative estimate of drug-likeness (QED) is 0.0857. The van der Waals surface area contributed by atoms with Crippen LogP contribution >= 0.6 is 0 Å². The van der Waals surface area contributed by atoms with Crippen LogP contribution in [0.5, 0.6) is 5.75 Å². The number of aromatic nitrogens is 1. The highest BCUT2D eigenvalue weighted by atomic mass is 16.5. The van der Waals surface area contributed by atoms with Gasteiger partial charge in [0.2, 0.25) is 5.69 Å². The molecule has 0 fully saturated rings. The summed E-state index contributed by atoms with van der Waals surface area (Å²) in [5.74, 6) is 1.22. The minimum atomic E-state index is -0.321. The molecule has 2 aromatic carbocycles. The van der Waals surface area contributed by atoms with Gasteiger partial charge < -0.3 is 23.8 Å². The van der Waals surface area contributed by atoms with E-state index in [-0.39, 0.29) is 34.3 Å². The van der Waals surface area contributed by atoms with E-state index in [4.69, 9.17) is 18.9 Å². The molecular weight excluding hydrogens is 763 g/mol. The van der Waals surface area contributed by atoms with Crippen LogP contribution < -0.4 is 14.2 Å². The van der Waals surface area contributed by atoms with Gasteiger partial charge in [0, 0.05) is 84.4 Å². The molecule has 3 aromatic rings. The monoisotopic (exact) mass is 830 g/mol. The third-order valence-electron chi connectivity index (χ3n) is 12.3. The topological polar surface area (TPSA) is 81.2 Å². The molecule has 0 amide bonds. The summed E-state index contributed by atoms with van der Waals surface area (Å²) in [5, 5.41) is 0. The fourth-order valence-electron chi connectivity index (χ4n) is 9.01. The summed E-state index contributed by atoms with van der Waals surface area (Å²) in [5.41, 5.74) is 11.1. The van der Waals surface area contributed by atoms with Gasteiger partial charge in [-0.3, -0.25) is 9.59 Å². The van der Waals surface area contributed by atoms with E-state index in [0.717, 1.165) is 65.4 Å². The van der Waals surface area contributed by atoms with Gasteiger partial charge in [0.25, 0.3) is 0 Å². The molecule has 6 rings (SSSR count). The van der Waals surface area contributed by atoms with Crippen molar-refractivity contribution in [2.75, 3.05) is 38.3 Å². The number of anilines is 1. The van der Waals surface area contributed by atoms with Gasteiger partial charge in [-0.25, -0.2) is 4.57 Å². The second-order valence-corrected chi connectivity index (χ2v) is 18.8. The van der Waals surface area contributed by atoms with E-state index < -0.39 is 0 Å². The Morgan fingerprint density at radius 2 is 1.54 bits per heavy atom. The molecule has 0 saturated heterocycles. The van der Waals surface area contributed by atoms with Crippen LogP contribution in [0.4, 0.5) is 11.4 Å². The van der Waals surface area contributed by atoms with Crippen LogP contribution in [-0.2, 0) is 41.7 Å². The maximum Gasteiger partial charge on any atom is 0.302 e. The minimum Gasteiger partial charge on any atom is -0.497 e. The summed E-state index contributed by atoms with van der Waals surface area (Å²) in [4.78, 5) is 25.6. The van der Waals surface area contributed by atoms with E-state index in [1.807, 2.05) is 13.1 Å². The first-order valence-corrected chi connectivity index (χ1v) is 21.8. The molecule has 1 unspecified atom stereocenters. The van der Waals surface area contributed by atoms with Crippen LogP contribution in [0.25, 0.3) is 0 Å². The van der Waals surface area contributed by atoms with E-state index in [1.165, 1.54) is 41.9 Å². The normalized spacial score (nSPS) is 18.6. The molecule has 1 atom stereocenters. The van der Waals surface area contributed by atoms with Crippen molar-refractivity contribution in [1.82, 2.24) is 0 Å². The Balaban J connectivity index is 1.46. The van der Waals surface area contributed by atoms with E-state index in [2.05, 4.69) is 149 Å². The number of carbonyl (C=O) groups excluding carboxylic acids is 2. The van der Waals surface area contributed by atoms with Gasteiger partial charge in [-0.2, -0.15) is 4.58 Å². The second kappa shape index (κ2) is 18.3. The first-order chi connectivity index (χ1) is 28.8. The average molecular weight is 830 g/mol. The lowest BCUT2D eigenvalue weighted by atomic mass is 9.81. The van der Waals surface area contributed by atoms with Crippen LogP contribution in [0.1, 0.15) is 116 Å². The molecule has 2 aliphatic heterocycles. The molecule has 324 valence electrons. The standard InChI is InChI=1S/C52H67N3O6/c1-35-15-21-44-42(33-35)51(7,8)46(54(44)27-13-31-59-36(2)56)23-18-38-16-17-39(48(38)61-49(50(4,5)6)40-25-29-53(11)30-26-40)19-24-47-52(9,10)43-34-41(58-12)20-22-45(43)55(47)28-14-32-60-37(3)57/h15,18-26,29-30,33-34,49H,13-14,16-17,27-28,31-32H2,1-12H3/q+2. The SMILES string of the molecule is COc1ccc2c(c1)C(C)(C)C(/C=C/C1=C(OC(c3cc[n+](C)cc3)C(C)(C)C)C(=C/C=C3/N(CCCOC(C)=O)c4ccc(C)cc4C3(C)C)/CC1)=[N+]2CCCOC(C)=O. The fraction of sp³-hybridized carbons (Fsp3) is 0.462. The van der Waals surface area contributed by atoms with E-state index >= 15 is 0 Å². The molecule has 3 aliphatic rings. The third-order valence-corrected chi connectivity index (χ3v) is 12.3. The average Bonchev–Trinajstić information content (AvgIpc) is 3.75. The predicted molar refractivity (Wildman–Crippen MR) is 242 cm³/mol. The van der Waals surface area contributed by atoms with Crippen molar-refractivity contribution in [3.05, 3.63) is 130 Å². The Kier molecular flexibility index (Phi) is 13.5. The summed E-state index contributed by atoms with van der Waals surface area (Å²) >= 11 is 0. The van der Waals surface area contributed by atoms with Crippen molar-refractivity contribution in [2.24, 2.45) is 12.5 Å². The Labute approximate surface area is 364 Å². The number of carbonyl (C=O) groups is 2. The smallest absolute Gasteiger partial charge is 0.302 e. The lowest BCUT2D eigenvalue weighted by molar-refractivity contribution is -0.671. The van der Waals surface area contributed by atoms with Gasteiger partial charge in [0.15, 0.2) is 24.7 Å². The largest absolute Gasteiger partial charge is 0.497 e. The Morgan fingerprint density at radius 3 is 2.20 bits per heavy atom. The molecule has 1 aliphatic carbocycles. The number of benzene rings is 2. The number of nitrogens with zero attached hydrogens (tertiary/aromatic N) is 3. The molecule has 0 spiro atoms.